The van der Waals surface area contributed by atoms with Crippen molar-refractivity contribution in [3.8, 4) is 5.75 Å². The van der Waals surface area contributed by atoms with Crippen LogP contribution in [0, 0.1) is 5.92 Å². The molecule has 3 atom stereocenters. The van der Waals surface area contributed by atoms with Gasteiger partial charge in [-0.25, -0.2) is 0 Å². The lowest BCUT2D eigenvalue weighted by atomic mass is 9.97. The van der Waals surface area contributed by atoms with Gasteiger partial charge in [0.05, 0.1) is 12.2 Å². The maximum Gasteiger partial charge on any atom is 0.303 e. The third kappa shape index (κ3) is 10.2. The van der Waals surface area contributed by atoms with Gasteiger partial charge in [-0.2, -0.15) is 0 Å². The summed E-state index contributed by atoms with van der Waals surface area (Å²) in [4.78, 5) is 76.3. The molecule has 5 amide bonds. The number of hydrogen-bond acceptors (Lipinski definition) is 9. The molecule has 0 spiro atoms. The van der Waals surface area contributed by atoms with Gasteiger partial charge in [0.2, 0.25) is 23.6 Å². The second-order valence-electron chi connectivity index (χ2n) is 10.6. The van der Waals surface area contributed by atoms with Gasteiger partial charge in [-0.1, -0.05) is 0 Å². The third-order valence-corrected chi connectivity index (χ3v) is 7.37. The zero-order valence-corrected chi connectivity index (χ0v) is 24.0. The van der Waals surface area contributed by atoms with Gasteiger partial charge in [0, 0.05) is 24.4 Å². The Morgan fingerprint density at radius 3 is 2.33 bits per heavy atom. The molecule has 0 aromatic heterocycles. The van der Waals surface area contributed by atoms with Crippen LogP contribution in [0.15, 0.2) is 18.2 Å². The number of aliphatic carboxylic acids is 1. The van der Waals surface area contributed by atoms with E-state index in [2.05, 4.69) is 26.6 Å². The van der Waals surface area contributed by atoms with Crippen molar-refractivity contribution in [2.75, 3.05) is 31.6 Å². The van der Waals surface area contributed by atoms with Gasteiger partial charge in [0.15, 0.2) is 0 Å². The standard InChI is InChI=1S/C28H41N7O8/c29-11-2-1-3-20-27(41)33-19(24(30)38)10-14-43-22-6-4-17(32-25(39)16-8-12-31-13-9-16)15-18(22)26(40)34-21(28(42)35-20)5-7-23(36)37/h4,6,15-16,19-21,31H,1-3,5,7-14,29H2,(H2,30,38)(H,32,39)(H,33,41)(H,34,40)(H,35,42)(H,36,37)/t19-,20?,21?/m0/s1. The zero-order chi connectivity index (χ0) is 31.4. The number of hydrogen-bond donors (Lipinski definition) is 8. The molecule has 1 saturated heterocycles. The Morgan fingerprint density at radius 1 is 0.953 bits per heavy atom. The molecule has 0 bridgehead atoms. The highest BCUT2D eigenvalue weighted by Crippen LogP contribution is 2.25. The van der Waals surface area contributed by atoms with Gasteiger partial charge in [0.1, 0.15) is 23.9 Å². The van der Waals surface area contributed by atoms with Crippen LogP contribution in [0.25, 0.3) is 0 Å². The highest BCUT2D eigenvalue weighted by molar-refractivity contribution is 6.02. The molecule has 15 heteroatoms. The molecule has 2 aliphatic heterocycles. The van der Waals surface area contributed by atoms with Gasteiger partial charge < -0.3 is 47.9 Å². The van der Waals surface area contributed by atoms with E-state index in [0.29, 0.717) is 37.9 Å². The summed E-state index contributed by atoms with van der Waals surface area (Å²) in [5, 5.41) is 23.0. The van der Waals surface area contributed by atoms with Crippen LogP contribution in [0.4, 0.5) is 5.69 Å². The molecule has 1 fully saturated rings. The Balaban J connectivity index is 1.93. The first-order valence-electron chi connectivity index (χ1n) is 14.5. The van der Waals surface area contributed by atoms with Crippen molar-refractivity contribution in [3.63, 3.8) is 0 Å². The van der Waals surface area contributed by atoms with Crippen molar-refractivity contribution in [3.05, 3.63) is 23.8 Å². The SMILES string of the molecule is NCCCCC1NC(=O)C(CCC(=O)O)NC(=O)c2cc(NC(=O)C3CCNCC3)ccc2OCC[C@@H](C(N)=O)NC1=O. The summed E-state index contributed by atoms with van der Waals surface area (Å²) >= 11 is 0. The fraction of sp³-hybridized carbons (Fsp3) is 0.571. The summed E-state index contributed by atoms with van der Waals surface area (Å²) in [5.41, 5.74) is 11.4. The summed E-state index contributed by atoms with van der Waals surface area (Å²) in [7, 11) is 0. The van der Waals surface area contributed by atoms with Crippen LogP contribution >= 0.6 is 0 Å². The van der Waals surface area contributed by atoms with Crippen LogP contribution in [-0.2, 0) is 24.0 Å². The number of unbranched alkanes of at least 4 members (excludes halogenated alkanes) is 1. The molecule has 2 aliphatic rings. The largest absolute Gasteiger partial charge is 0.493 e. The lowest BCUT2D eigenvalue weighted by molar-refractivity contribution is -0.137. The number of carbonyl (C=O) groups excluding carboxylic acids is 5. The third-order valence-electron chi connectivity index (χ3n) is 7.37. The van der Waals surface area contributed by atoms with Crippen molar-refractivity contribution < 1.29 is 38.6 Å². The number of carboxylic acid groups (broad SMARTS) is 1. The number of benzene rings is 1. The maximum atomic E-state index is 13.5. The molecule has 0 saturated carbocycles. The molecule has 1 aromatic rings. The number of nitrogens with two attached hydrogens (primary N) is 2. The van der Waals surface area contributed by atoms with Gasteiger partial charge in [0.25, 0.3) is 5.91 Å². The maximum absolute atomic E-state index is 13.5. The van der Waals surface area contributed by atoms with E-state index in [9.17, 15) is 33.9 Å². The van der Waals surface area contributed by atoms with E-state index < -0.39 is 54.1 Å². The van der Waals surface area contributed by atoms with E-state index in [1.54, 1.807) is 6.07 Å². The molecule has 10 N–H and O–H groups in total. The summed E-state index contributed by atoms with van der Waals surface area (Å²) in [6.45, 7) is 1.69. The number of amides is 5. The Hall–Kier alpha value is -4.24. The van der Waals surface area contributed by atoms with Crippen LogP contribution in [-0.4, -0.2) is 85.0 Å². The average Bonchev–Trinajstić information content (AvgIpc) is 2.98. The van der Waals surface area contributed by atoms with Gasteiger partial charge in [-0.05, 0) is 76.4 Å². The Kier molecular flexibility index (Phi) is 12.7. The lowest BCUT2D eigenvalue weighted by Gasteiger charge is -2.26. The molecule has 3 rings (SSSR count). The fourth-order valence-electron chi connectivity index (χ4n) is 4.89. The van der Waals surface area contributed by atoms with Crippen LogP contribution in [0.3, 0.4) is 0 Å². The van der Waals surface area contributed by atoms with E-state index in [0.717, 1.165) is 13.1 Å². The Labute approximate surface area is 249 Å². The minimum absolute atomic E-state index is 0.0209. The summed E-state index contributed by atoms with van der Waals surface area (Å²) in [6, 6.07) is 0.874. The van der Waals surface area contributed by atoms with Gasteiger partial charge in [-0.3, -0.25) is 28.8 Å². The van der Waals surface area contributed by atoms with Crippen LogP contribution < -0.4 is 42.8 Å². The summed E-state index contributed by atoms with van der Waals surface area (Å²) < 4.78 is 5.81. The molecular formula is C28H41N7O8. The molecule has 0 radical (unpaired) electrons. The average molecular weight is 604 g/mol. The number of primary amides is 1. The van der Waals surface area contributed by atoms with Crippen LogP contribution in [0.1, 0.15) is 61.7 Å². The molecule has 43 heavy (non-hydrogen) atoms. The van der Waals surface area contributed by atoms with E-state index in [1.807, 2.05) is 0 Å². The number of carbonyl (C=O) groups is 6. The Bertz CT molecular complexity index is 1190. The normalized spacial score (nSPS) is 22.1. The van der Waals surface area contributed by atoms with E-state index >= 15 is 0 Å². The highest BCUT2D eigenvalue weighted by Gasteiger charge is 2.31. The van der Waals surface area contributed by atoms with Crippen molar-refractivity contribution >= 4 is 41.2 Å². The van der Waals surface area contributed by atoms with Crippen molar-refractivity contribution in [1.29, 1.82) is 0 Å². The fourth-order valence-corrected chi connectivity index (χ4v) is 4.89. The second kappa shape index (κ2) is 16.4. The molecule has 236 valence electrons. The smallest absolute Gasteiger partial charge is 0.303 e. The number of ether oxygens (including phenoxy) is 1. The van der Waals surface area contributed by atoms with Gasteiger partial charge >= 0.3 is 5.97 Å². The van der Waals surface area contributed by atoms with E-state index in [-0.39, 0.29) is 49.0 Å². The predicted octanol–water partition coefficient (Wildman–Crippen LogP) is -1.05. The number of nitrogens with one attached hydrogen (secondary N) is 5. The number of fused-ring (bicyclic) bond motifs is 1. The number of carboxylic acids is 1. The minimum Gasteiger partial charge on any atom is -0.493 e. The topological polar surface area (TPSA) is 244 Å². The first kappa shape index (κ1) is 33.3. The van der Waals surface area contributed by atoms with Crippen molar-refractivity contribution in [2.24, 2.45) is 17.4 Å². The number of rotatable bonds is 10. The first-order valence-corrected chi connectivity index (χ1v) is 14.5. The molecule has 15 nitrogen and oxygen atoms in total. The predicted molar refractivity (Wildman–Crippen MR) is 155 cm³/mol. The lowest BCUT2D eigenvalue weighted by Crippen LogP contribution is -2.56. The highest BCUT2D eigenvalue weighted by atomic mass is 16.5. The summed E-state index contributed by atoms with van der Waals surface area (Å²) in [6.07, 6.45) is 1.83. The van der Waals surface area contributed by atoms with Crippen molar-refractivity contribution in [1.82, 2.24) is 21.3 Å². The minimum atomic E-state index is -1.33. The zero-order valence-electron chi connectivity index (χ0n) is 24.0. The number of piperidine rings is 1. The summed E-state index contributed by atoms with van der Waals surface area (Å²) in [5.74, 6) is -4.51. The van der Waals surface area contributed by atoms with Gasteiger partial charge in [-0.15, -0.1) is 0 Å². The van der Waals surface area contributed by atoms with E-state index in [4.69, 9.17) is 16.2 Å². The number of anilines is 1. The molecule has 0 aliphatic carbocycles. The molecule has 2 unspecified atom stereocenters. The quantitative estimate of drug-likeness (QED) is 0.151. The van der Waals surface area contributed by atoms with Crippen LogP contribution in [0.2, 0.25) is 0 Å². The molecule has 1 aromatic carbocycles. The monoisotopic (exact) mass is 603 g/mol. The molecular weight excluding hydrogens is 562 g/mol. The Morgan fingerprint density at radius 2 is 1.65 bits per heavy atom. The first-order chi connectivity index (χ1) is 20.6. The van der Waals surface area contributed by atoms with E-state index in [1.165, 1.54) is 12.1 Å². The van der Waals surface area contributed by atoms with Crippen LogP contribution in [0.5, 0.6) is 5.75 Å². The second-order valence-corrected chi connectivity index (χ2v) is 10.6. The molecule has 2 heterocycles. The van der Waals surface area contributed by atoms with Crippen molar-refractivity contribution in [2.45, 2.75) is 69.5 Å².